The van der Waals surface area contributed by atoms with Crippen molar-refractivity contribution in [2.45, 2.75) is 11.8 Å². The van der Waals surface area contributed by atoms with Crippen LogP contribution in [0.2, 0.25) is 0 Å². The standard InChI is InChI=1S/C19H24FN3O5S2/c1-2-28-19(25)13-18-23(17(24)14-29-18)11-8-21-6-9-22(10-7-21)30(26,27)16-5-3-4-15(20)12-16/h3-5,12-13H,2,6-11,14H2,1H3/b18-13+. The van der Waals surface area contributed by atoms with Crippen LogP contribution in [-0.2, 0) is 24.3 Å². The van der Waals surface area contributed by atoms with E-state index in [1.54, 1.807) is 11.8 Å². The summed E-state index contributed by atoms with van der Waals surface area (Å²) >= 11 is 1.30. The summed E-state index contributed by atoms with van der Waals surface area (Å²) in [5, 5.41) is 0.575. The number of benzene rings is 1. The van der Waals surface area contributed by atoms with Crippen LogP contribution in [0.4, 0.5) is 4.39 Å². The number of hydrogen-bond donors (Lipinski definition) is 0. The maximum absolute atomic E-state index is 13.4. The molecule has 3 rings (SSSR count). The van der Waals surface area contributed by atoms with Gasteiger partial charge in [-0.3, -0.25) is 9.69 Å². The molecule has 0 spiro atoms. The van der Waals surface area contributed by atoms with Gasteiger partial charge in [0.25, 0.3) is 0 Å². The van der Waals surface area contributed by atoms with Crippen LogP contribution in [0.1, 0.15) is 6.92 Å². The van der Waals surface area contributed by atoms with Gasteiger partial charge in [0.2, 0.25) is 15.9 Å². The molecule has 2 fully saturated rings. The molecule has 0 aliphatic carbocycles. The third-order valence-corrected chi connectivity index (χ3v) is 7.76. The highest BCUT2D eigenvalue weighted by atomic mass is 32.2. The van der Waals surface area contributed by atoms with E-state index in [2.05, 4.69) is 4.90 Å². The molecule has 0 atom stereocenters. The van der Waals surface area contributed by atoms with E-state index in [0.29, 0.717) is 31.2 Å². The monoisotopic (exact) mass is 457 g/mol. The normalized spacial score (nSPS) is 20.1. The quantitative estimate of drug-likeness (QED) is 0.448. The Morgan fingerprint density at radius 2 is 1.97 bits per heavy atom. The van der Waals surface area contributed by atoms with E-state index in [4.69, 9.17) is 4.74 Å². The van der Waals surface area contributed by atoms with Crippen LogP contribution in [0.3, 0.4) is 0 Å². The van der Waals surface area contributed by atoms with E-state index < -0.39 is 21.8 Å². The average Bonchev–Trinajstić information content (AvgIpc) is 3.06. The Hall–Kier alpha value is -1.95. The minimum Gasteiger partial charge on any atom is -0.463 e. The minimum absolute atomic E-state index is 0.0515. The van der Waals surface area contributed by atoms with Gasteiger partial charge in [0.05, 0.1) is 28.4 Å². The zero-order valence-electron chi connectivity index (χ0n) is 16.6. The van der Waals surface area contributed by atoms with Gasteiger partial charge >= 0.3 is 5.97 Å². The van der Waals surface area contributed by atoms with Crippen LogP contribution in [0, 0.1) is 5.82 Å². The summed E-state index contributed by atoms with van der Waals surface area (Å²) in [6.07, 6.45) is 1.34. The summed E-state index contributed by atoms with van der Waals surface area (Å²) in [7, 11) is -3.74. The predicted octanol–water partition coefficient (Wildman–Crippen LogP) is 1.11. The number of carbonyl (C=O) groups excluding carboxylic acids is 2. The number of ether oxygens (including phenoxy) is 1. The fourth-order valence-corrected chi connectivity index (χ4v) is 5.67. The third kappa shape index (κ3) is 5.39. The molecule has 1 aromatic rings. The summed E-state index contributed by atoms with van der Waals surface area (Å²) in [5.41, 5.74) is 0. The Labute approximate surface area is 179 Å². The molecule has 0 unspecified atom stereocenters. The summed E-state index contributed by atoms with van der Waals surface area (Å²) in [4.78, 5) is 27.4. The fraction of sp³-hybridized carbons (Fsp3) is 0.474. The van der Waals surface area contributed by atoms with Crippen LogP contribution < -0.4 is 0 Å². The van der Waals surface area contributed by atoms with Crippen molar-refractivity contribution in [1.29, 1.82) is 0 Å². The molecule has 11 heteroatoms. The minimum atomic E-state index is -3.74. The molecule has 2 aliphatic rings. The number of nitrogens with zero attached hydrogens (tertiary/aromatic N) is 3. The number of carbonyl (C=O) groups is 2. The van der Waals surface area contributed by atoms with Gasteiger partial charge in [-0.1, -0.05) is 17.8 Å². The van der Waals surface area contributed by atoms with E-state index in [1.165, 1.54) is 40.3 Å². The average molecular weight is 458 g/mol. The first-order valence-electron chi connectivity index (χ1n) is 9.61. The number of esters is 1. The van der Waals surface area contributed by atoms with Crippen molar-refractivity contribution in [1.82, 2.24) is 14.1 Å². The van der Waals surface area contributed by atoms with Gasteiger partial charge in [-0.25, -0.2) is 17.6 Å². The summed E-state index contributed by atoms with van der Waals surface area (Å²) in [6, 6.07) is 5.00. The lowest BCUT2D eigenvalue weighted by molar-refractivity contribution is -0.137. The van der Waals surface area contributed by atoms with Gasteiger partial charge in [-0.2, -0.15) is 4.31 Å². The first-order valence-corrected chi connectivity index (χ1v) is 12.0. The largest absolute Gasteiger partial charge is 0.463 e. The molecule has 2 saturated heterocycles. The van der Waals surface area contributed by atoms with Crippen molar-refractivity contribution in [2.24, 2.45) is 0 Å². The van der Waals surface area contributed by atoms with E-state index in [0.717, 1.165) is 6.07 Å². The van der Waals surface area contributed by atoms with Crippen LogP contribution in [-0.4, -0.2) is 86.0 Å². The lowest BCUT2D eigenvalue weighted by atomic mass is 10.3. The van der Waals surface area contributed by atoms with Crippen molar-refractivity contribution in [3.05, 3.63) is 41.2 Å². The summed E-state index contributed by atoms with van der Waals surface area (Å²) in [5.74, 6) is -0.849. The molecule has 0 radical (unpaired) electrons. The van der Waals surface area contributed by atoms with Crippen LogP contribution in [0.25, 0.3) is 0 Å². The molecular formula is C19H24FN3O5S2. The Morgan fingerprint density at radius 1 is 1.23 bits per heavy atom. The van der Waals surface area contributed by atoms with E-state index in [1.807, 2.05) is 0 Å². The van der Waals surface area contributed by atoms with Crippen molar-refractivity contribution in [3.63, 3.8) is 0 Å². The SMILES string of the molecule is CCOC(=O)/C=C1/SCC(=O)N1CCN1CCN(S(=O)(=O)c2cccc(F)c2)CC1. The molecule has 0 N–H and O–H groups in total. The number of amides is 1. The second-order valence-corrected chi connectivity index (χ2v) is 9.71. The molecule has 1 amide bonds. The van der Waals surface area contributed by atoms with E-state index >= 15 is 0 Å². The first kappa shape index (κ1) is 22.7. The van der Waals surface area contributed by atoms with Gasteiger partial charge in [-0.05, 0) is 25.1 Å². The van der Waals surface area contributed by atoms with Crippen molar-refractivity contribution < 1.29 is 27.1 Å². The van der Waals surface area contributed by atoms with Crippen molar-refractivity contribution >= 4 is 33.7 Å². The summed E-state index contributed by atoms with van der Waals surface area (Å²) < 4.78 is 45.0. The number of rotatable bonds is 7. The first-order chi connectivity index (χ1) is 14.3. The van der Waals surface area contributed by atoms with Gasteiger partial charge < -0.3 is 9.64 Å². The maximum atomic E-state index is 13.4. The Bertz CT molecular complexity index is 930. The fourth-order valence-electron chi connectivity index (χ4n) is 3.27. The predicted molar refractivity (Wildman–Crippen MR) is 110 cm³/mol. The molecule has 164 valence electrons. The highest BCUT2D eigenvalue weighted by Crippen LogP contribution is 2.28. The lowest BCUT2D eigenvalue weighted by Crippen LogP contribution is -2.50. The smallest absolute Gasteiger partial charge is 0.333 e. The van der Waals surface area contributed by atoms with Crippen LogP contribution >= 0.6 is 11.8 Å². The molecule has 2 aliphatic heterocycles. The Morgan fingerprint density at radius 3 is 2.63 bits per heavy atom. The second kappa shape index (κ2) is 9.90. The molecular weight excluding hydrogens is 433 g/mol. The number of halogens is 1. The Kier molecular flexibility index (Phi) is 7.50. The molecule has 0 aromatic heterocycles. The Balaban J connectivity index is 1.54. The molecule has 0 saturated carbocycles. The van der Waals surface area contributed by atoms with Crippen molar-refractivity contribution in [3.8, 4) is 0 Å². The highest BCUT2D eigenvalue weighted by Gasteiger charge is 2.31. The zero-order chi connectivity index (χ0) is 21.7. The number of thioether (sulfide) groups is 1. The molecule has 1 aromatic carbocycles. The van der Waals surface area contributed by atoms with Gasteiger partial charge in [-0.15, -0.1) is 0 Å². The maximum Gasteiger partial charge on any atom is 0.333 e. The lowest BCUT2D eigenvalue weighted by Gasteiger charge is -2.34. The molecule has 2 heterocycles. The van der Waals surface area contributed by atoms with E-state index in [-0.39, 0.29) is 36.3 Å². The third-order valence-electron chi connectivity index (χ3n) is 4.84. The zero-order valence-corrected chi connectivity index (χ0v) is 18.3. The molecule has 30 heavy (non-hydrogen) atoms. The number of hydrogen-bond acceptors (Lipinski definition) is 7. The van der Waals surface area contributed by atoms with Crippen LogP contribution in [0.15, 0.2) is 40.3 Å². The molecule has 0 bridgehead atoms. The van der Waals surface area contributed by atoms with Gasteiger partial charge in [0.15, 0.2) is 0 Å². The second-order valence-electron chi connectivity index (χ2n) is 6.77. The molecule has 8 nitrogen and oxygen atoms in total. The van der Waals surface area contributed by atoms with Crippen molar-refractivity contribution in [2.75, 3.05) is 51.6 Å². The summed E-state index contributed by atoms with van der Waals surface area (Å²) in [6.45, 7) is 4.52. The van der Waals surface area contributed by atoms with Gasteiger partial charge in [0.1, 0.15) is 5.82 Å². The van der Waals surface area contributed by atoms with Crippen LogP contribution in [0.5, 0.6) is 0 Å². The number of sulfonamides is 1. The van der Waals surface area contributed by atoms with E-state index in [9.17, 15) is 22.4 Å². The number of piperazine rings is 1. The van der Waals surface area contributed by atoms with Gasteiger partial charge in [0, 0.05) is 39.3 Å². The topological polar surface area (TPSA) is 87.2 Å². The highest BCUT2D eigenvalue weighted by molar-refractivity contribution is 8.04.